The molecule has 0 saturated carbocycles. The molecule has 1 aliphatic rings. The fourth-order valence-corrected chi connectivity index (χ4v) is 1.48. The zero-order chi connectivity index (χ0) is 8.97. The lowest BCUT2D eigenvalue weighted by molar-refractivity contribution is -0.00322. The molecule has 0 aromatic heterocycles. The van der Waals surface area contributed by atoms with Gasteiger partial charge in [0.05, 0.1) is 13.2 Å². The largest absolute Gasteiger partial charge is 0.379 e. The lowest BCUT2D eigenvalue weighted by Gasteiger charge is -2.34. The minimum atomic E-state index is 0.575. The van der Waals surface area contributed by atoms with Crippen molar-refractivity contribution >= 4 is 0 Å². The minimum Gasteiger partial charge on any atom is -0.379 e. The van der Waals surface area contributed by atoms with Crippen LogP contribution in [0.1, 0.15) is 13.8 Å². The zero-order valence-electron chi connectivity index (χ0n) is 8.34. The van der Waals surface area contributed by atoms with Gasteiger partial charge in [-0.15, -0.1) is 0 Å². The summed E-state index contributed by atoms with van der Waals surface area (Å²) in [5, 5.41) is 3.25. The Kier molecular flexibility index (Phi) is 3.98. The van der Waals surface area contributed by atoms with E-state index in [0.29, 0.717) is 12.1 Å². The van der Waals surface area contributed by atoms with Gasteiger partial charge in [-0.3, -0.25) is 4.90 Å². The van der Waals surface area contributed by atoms with Crippen LogP contribution in [0, 0.1) is 0 Å². The second kappa shape index (κ2) is 4.80. The molecule has 1 heterocycles. The van der Waals surface area contributed by atoms with E-state index in [2.05, 4.69) is 24.1 Å². The van der Waals surface area contributed by atoms with Crippen molar-refractivity contribution in [2.24, 2.45) is 0 Å². The molecule has 72 valence electrons. The lowest BCUT2D eigenvalue weighted by Crippen LogP contribution is -2.48. The summed E-state index contributed by atoms with van der Waals surface area (Å²) in [6, 6.07) is 1.15. The number of nitrogens with one attached hydrogen (secondary N) is 1. The van der Waals surface area contributed by atoms with E-state index in [0.717, 1.165) is 26.3 Å². The maximum atomic E-state index is 5.37. The van der Waals surface area contributed by atoms with Crippen LogP contribution in [0.3, 0.4) is 0 Å². The summed E-state index contributed by atoms with van der Waals surface area (Å²) in [5.41, 5.74) is 0. The van der Waals surface area contributed by atoms with E-state index in [1.165, 1.54) is 0 Å². The van der Waals surface area contributed by atoms with Crippen molar-refractivity contribution < 1.29 is 4.74 Å². The third-order valence-electron chi connectivity index (χ3n) is 2.51. The van der Waals surface area contributed by atoms with Gasteiger partial charge in [0.15, 0.2) is 0 Å². The van der Waals surface area contributed by atoms with Crippen LogP contribution in [0.15, 0.2) is 0 Å². The Morgan fingerprint density at radius 3 is 3.00 bits per heavy atom. The third-order valence-corrected chi connectivity index (χ3v) is 2.51. The Labute approximate surface area is 75.1 Å². The summed E-state index contributed by atoms with van der Waals surface area (Å²) in [7, 11) is 2.01. The zero-order valence-corrected chi connectivity index (χ0v) is 8.34. The molecule has 12 heavy (non-hydrogen) atoms. The third kappa shape index (κ3) is 2.73. The first-order valence-corrected chi connectivity index (χ1v) is 4.73. The van der Waals surface area contributed by atoms with Crippen molar-refractivity contribution in [3.8, 4) is 0 Å². The summed E-state index contributed by atoms with van der Waals surface area (Å²) >= 11 is 0. The summed E-state index contributed by atoms with van der Waals surface area (Å²) in [6.45, 7) is 8.41. The topological polar surface area (TPSA) is 24.5 Å². The molecule has 1 aliphatic heterocycles. The Morgan fingerprint density at radius 2 is 2.42 bits per heavy atom. The molecule has 3 heteroatoms. The van der Waals surface area contributed by atoms with Crippen molar-refractivity contribution in [2.45, 2.75) is 25.9 Å². The molecule has 2 atom stereocenters. The Morgan fingerprint density at radius 1 is 1.67 bits per heavy atom. The molecule has 3 nitrogen and oxygen atoms in total. The molecule has 0 bridgehead atoms. The molecule has 1 saturated heterocycles. The maximum absolute atomic E-state index is 5.37. The van der Waals surface area contributed by atoms with Gasteiger partial charge in [-0.2, -0.15) is 0 Å². The molecular weight excluding hydrogens is 152 g/mol. The average Bonchev–Trinajstić information content (AvgIpc) is 2.09. The number of nitrogens with zero attached hydrogens (tertiary/aromatic N) is 1. The molecule has 0 spiro atoms. The highest BCUT2D eigenvalue weighted by Gasteiger charge is 2.19. The van der Waals surface area contributed by atoms with E-state index in [1.54, 1.807) is 0 Å². The van der Waals surface area contributed by atoms with Gasteiger partial charge in [-0.25, -0.2) is 0 Å². The van der Waals surface area contributed by atoms with E-state index in [4.69, 9.17) is 4.74 Å². The molecule has 0 aromatic carbocycles. The van der Waals surface area contributed by atoms with Crippen molar-refractivity contribution in [3.63, 3.8) is 0 Å². The quantitative estimate of drug-likeness (QED) is 0.663. The van der Waals surface area contributed by atoms with Crippen LogP contribution in [-0.2, 0) is 4.74 Å². The first-order valence-electron chi connectivity index (χ1n) is 4.73. The van der Waals surface area contributed by atoms with Gasteiger partial charge in [-0.05, 0) is 20.9 Å². The van der Waals surface area contributed by atoms with E-state index in [9.17, 15) is 0 Å². The summed E-state index contributed by atoms with van der Waals surface area (Å²) in [6.07, 6.45) is 0. The average molecular weight is 172 g/mol. The Bertz CT molecular complexity index is 130. The van der Waals surface area contributed by atoms with Crippen LogP contribution < -0.4 is 5.32 Å². The Balaban J connectivity index is 2.28. The number of morpholine rings is 1. The second-order valence-electron chi connectivity index (χ2n) is 3.61. The molecule has 1 N–H and O–H groups in total. The molecule has 0 aromatic rings. The number of rotatable bonds is 3. The van der Waals surface area contributed by atoms with Crippen LogP contribution >= 0.6 is 0 Å². The molecule has 1 fully saturated rings. The highest BCUT2D eigenvalue weighted by Crippen LogP contribution is 2.06. The normalized spacial score (nSPS) is 28.8. The van der Waals surface area contributed by atoms with Gasteiger partial charge in [0, 0.05) is 25.2 Å². The second-order valence-corrected chi connectivity index (χ2v) is 3.61. The minimum absolute atomic E-state index is 0.575. The van der Waals surface area contributed by atoms with Gasteiger partial charge in [-0.1, -0.05) is 0 Å². The fourth-order valence-electron chi connectivity index (χ4n) is 1.48. The van der Waals surface area contributed by atoms with Gasteiger partial charge in [0.2, 0.25) is 0 Å². The van der Waals surface area contributed by atoms with E-state index in [-0.39, 0.29) is 0 Å². The molecule has 2 unspecified atom stereocenters. The smallest absolute Gasteiger partial charge is 0.0619 e. The van der Waals surface area contributed by atoms with Gasteiger partial charge in [0.25, 0.3) is 0 Å². The SMILES string of the molecule is CNC(C)CN1CCOCC1C. The number of likely N-dealkylation sites (N-methyl/N-ethyl adjacent to an activating group) is 1. The van der Waals surface area contributed by atoms with Gasteiger partial charge >= 0.3 is 0 Å². The Hall–Kier alpha value is -0.120. The predicted octanol–water partition coefficient (Wildman–Crippen LogP) is 0.315. The maximum Gasteiger partial charge on any atom is 0.0619 e. The molecular formula is C9H20N2O. The van der Waals surface area contributed by atoms with Crippen molar-refractivity contribution in [1.82, 2.24) is 10.2 Å². The monoisotopic (exact) mass is 172 g/mol. The first kappa shape index (κ1) is 9.96. The molecule has 0 radical (unpaired) electrons. The van der Waals surface area contributed by atoms with Gasteiger partial charge < -0.3 is 10.1 Å². The van der Waals surface area contributed by atoms with Crippen LogP contribution in [0.2, 0.25) is 0 Å². The van der Waals surface area contributed by atoms with Crippen LogP contribution in [0.4, 0.5) is 0 Å². The van der Waals surface area contributed by atoms with Crippen LogP contribution in [0.25, 0.3) is 0 Å². The number of hydrogen-bond donors (Lipinski definition) is 1. The van der Waals surface area contributed by atoms with Crippen molar-refractivity contribution in [2.75, 3.05) is 33.4 Å². The molecule has 0 aliphatic carbocycles. The van der Waals surface area contributed by atoms with Crippen molar-refractivity contribution in [1.29, 1.82) is 0 Å². The summed E-state index contributed by atoms with van der Waals surface area (Å²) in [5.74, 6) is 0. The number of hydrogen-bond acceptors (Lipinski definition) is 3. The van der Waals surface area contributed by atoms with Crippen molar-refractivity contribution in [3.05, 3.63) is 0 Å². The number of ether oxygens (including phenoxy) is 1. The summed E-state index contributed by atoms with van der Waals surface area (Å²) in [4.78, 5) is 2.48. The van der Waals surface area contributed by atoms with Crippen LogP contribution in [-0.4, -0.2) is 50.3 Å². The van der Waals surface area contributed by atoms with Gasteiger partial charge in [0.1, 0.15) is 0 Å². The van der Waals surface area contributed by atoms with Crippen LogP contribution in [0.5, 0.6) is 0 Å². The highest BCUT2D eigenvalue weighted by molar-refractivity contribution is 4.74. The lowest BCUT2D eigenvalue weighted by atomic mass is 10.2. The highest BCUT2D eigenvalue weighted by atomic mass is 16.5. The predicted molar refractivity (Wildman–Crippen MR) is 50.4 cm³/mol. The standard InChI is InChI=1S/C9H20N2O/c1-8(10-3)6-11-4-5-12-7-9(11)2/h8-10H,4-7H2,1-3H3. The van der Waals surface area contributed by atoms with E-state index in [1.807, 2.05) is 7.05 Å². The molecule has 1 rings (SSSR count). The first-order chi connectivity index (χ1) is 5.74. The van der Waals surface area contributed by atoms with E-state index < -0.39 is 0 Å². The van der Waals surface area contributed by atoms with E-state index >= 15 is 0 Å². The fraction of sp³-hybridized carbons (Fsp3) is 1.00. The molecule has 0 amide bonds. The summed E-state index contributed by atoms with van der Waals surface area (Å²) < 4.78 is 5.37.